The number of hydrogen-bond donors (Lipinski definition) is 2. The summed E-state index contributed by atoms with van der Waals surface area (Å²) < 4.78 is 10.0. The average molecular weight is 266 g/mol. The molecule has 0 spiro atoms. The van der Waals surface area contributed by atoms with Gasteiger partial charge in [-0.15, -0.1) is 0 Å². The van der Waals surface area contributed by atoms with E-state index in [1.165, 1.54) is 0 Å². The van der Waals surface area contributed by atoms with Crippen molar-refractivity contribution in [2.24, 2.45) is 0 Å². The van der Waals surface area contributed by atoms with Gasteiger partial charge in [-0.25, -0.2) is 0 Å². The molecule has 1 amide bonds. The van der Waals surface area contributed by atoms with Crippen LogP contribution < -0.4 is 15.4 Å². The van der Waals surface area contributed by atoms with Crippen molar-refractivity contribution in [3.8, 4) is 5.75 Å². The third-order valence-electron chi connectivity index (χ3n) is 2.79. The van der Waals surface area contributed by atoms with Crippen molar-refractivity contribution in [3.05, 3.63) is 29.8 Å². The summed E-state index contributed by atoms with van der Waals surface area (Å²) >= 11 is 0. The van der Waals surface area contributed by atoms with Gasteiger partial charge in [0.1, 0.15) is 5.75 Å². The van der Waals surface area contributed by atoms with Crippen LogP contribution in [0.2, 0.25) is 0 Å². The maximum Gasteiger partial charge on any atom is 0.234 e. The van der Waals surface area contributed by atoms with Crippen LogP contribution in [0.5, 0.6) is 5.75 Å². The number of carbonyl (C=O) groups excluding carboxylic acids is 1. The molecule has 1 atom stereocenters. The number of carbonyl (C=O) groups is 1. The summed E-state index contributed by atoms with van der Waals surface area (Å²) in [6, 6.07) is 7.88. The van der Waals surface area contributed by atoms with Crippen molar-refractivity contribution in [1.82, 2.24) is 10.6 Å². The minimum atomic E-state index is -0.0354. The first-order valence-electron chi connectivity index (χ1n) is 6.30. The summed E-state index contributed by atoms with van der Waals surface area (Å²) in [6.07, 6.45) is 0. The highest BCUT2D eigenvalue weighted by Gasteiger charge is 2.08. The van der Waals surface area contributed by atoms with Gasteiger partial charge in [0.25, 0.3) is 0 Å². The molecule has 0 saturated heterocycles. The predicted octanol–water partition coefficient (Wildman–Crippen LogP) is 1.11. The highest BCUT2D eigenvalue weighted by atomic mass is 16.5. The van der Waals surface area contributed by atoms with E-state index in [0.717, 1.165) is 11.3 Å². The molecule has 0 fully saturated rings. The molecule has 19 heavy (non-hydrogen) atoms. The highest BCUT2D eigenvalue weighted by Crippen LogP contribution is 2.18. The Kier molecular flexibility index (Phi) is 6.92. The van der Waals surface area contributed by atoms with Crippen molar-refractivity contribution in [2.75, 3.05) is 33.9 Å². The molecule has 0 bridgehead atoms. The molecule has 0 aromatic heterocycles. The van der Waals surface area contributed by atoms with E-state index in [0.29, 0.717) is 13.2 Å². The van der Waals surface area contributed by atoms with E-state index in [1.807, 2.05) is 31.2 Å². The molecule has 5 nitrogen and oxygen atoms in total. The van der Waals surface area contributed by atoms with E-state index in [4.69, 9.17) is 9.47 Å². The molecule has 1 aromatic rings. The molecule has 1 rings (SSSR count). The molecule has 5 heteroatoms. The zero-order chi connectivity index (χ0) is 14.1. The summed E-state index contributed by atoms with van der Waals surface area (Å²) in [5, 5.41) is 5.93. The summed E-state index contributed by atoms with van der Waals surface area (Å²) in [7, 11) is 3.25. The Bertz CT molecular complexity index is 396. The van der Waals surface area contributed by atoms with Gasteiger partial charge in [-0.3, -0.25) is 4.79 Å². The second kappa shape index (κ2) is 8.50. The lowest BCUT2D eigenvalue weighted by molar-refractivity contribution is -0.120. The third-order valence-corrected chi connectivity index (χ3v) is 2.79. The number of amides is 1. The van der Waals surface area contributed by atoms with E-state index < -0.39 is 0 Å². The first kappa shape index (κ1) is 15.5. The van der Waals surface area contributed by atoms with Crippen LogP contribution in [0.4, 0.5) is 0 Å². The molecule has 0 radical (unpaired) electrons. The predicted molar refractivity (Wildman–Crippen MR) is 74.3 cm³/mol. The SMILES string of the molecule is COCCNC(=O)CN[C@@H](C)c1cccc(OC)c1. The number of hydrogen-bond acceptors (Lipinski definition) is 4. The number of ether oxygens (including phenoxy) is 2. The van der Waals surface area contributed by atoms with Crippen LogP contribution in [0, 0.1) is 0 Å². The van der Waals surface area contributed by atoms with Crippen molar-refractivity contribution >= 4 is 5.91 Å². The lowest BCUT2D eigenvalue weighted by Crippen LogP contribution is -2.36. The van der Waals surface area contributed by atoms with Crippen molar-refractivity contribution < 1.29 is 14.3 Å². The van der Waals surface area contributed by atoms with Crippen LogP contribution in [0.25, 0.3) is 0 Å². The van der Waals surface area contributed by atoms with Crippen LogP contribution >= 0.6 is 0 Å². The van der Waals surface area contributed by atoms with Crippen molar-refractivity contribution in [2.45, 2.75) is 13.0 Å². The van der Waals surface area contributed by atoms with Gasteiger partial charge in [0.05, 0.1) is 20.3 Å². The lowest BCUT2D eigenvalue weighted by atomic mass is 10.1. The number of nitrogens with one attached hydrogen (secondary N) is 2. The Balaban J connectivity index is 2.37. The van der Waals surface area contributed by atoms with Crippen molar-refractivity contribution in [3.63, 3.8) is 0 Å². The molecule has 0 heterocycles. The van der Waals surface area contributed by atoms with E-state index in [1.54, 1.807) is 14.2 Å². The zero-order valence-corrected chi connectivity index (χ0v) is 11.7. The molecule has 0 aliphatic rings. The van der Waals surface area contributed by atoms with E-state index >= 15 is 0 Å². The minimum Gasteiger partial charge on any atom is -0.497 e. The summed E-state index contributed by atoms with van der Waals surface area (Å²) in [5.74, 6) is 0.780. The van der Waals surface area contributed by atoms with Gasteiger partial charge in [-0.1, -0.05) is 12.1 Å². The molecule has 1 aromatic carbocycles. The van der Waals surface area contributed by atoms with Crippen LogP contribution in [0.1, 0.15) is 18.5 Å². The van der Waals surface area contributed by atoms with Gasteiger partial charge in [0, 0.05) is 19.7 Å². The molecular weight excluding hydrogens is 244 g/mol. The smallest absolute Gasteiger partial charge is 0.234 e. The van der Waals surface area contributed by atoms with Crippen LogP contribution in [-0.4, -0.2) is 39.8 Å². The van der Waals surface area contributed by atoms with E-state index in [-0.39, 0.29) is 18.5 Å². The summed E-state index contributed by atoms with van der Waals surface area (Å²) in [5.41, 5.74) is 1.09. The fraction of sp³-hybridized carbons (Fsp3) is 0.500. The fourth-order valence-corrected chi connectivity index (χ4v) is 1.63. The highest BCUT2D eigenvalue weighted by molar-refractivity contribution is 5.78. The molecule has 106 valence electrons. The van der Waals surface area contributed by atoms with Gasteiger partial charge in [0.15, 0.2) is 0 Å². The van der Waals surface area contributed by atoms with Crippen LogP contribution in [0.3, 0.4) is 0 Å². The van der Waals surface area contributed by atoms with Crippen molar-refractivity contribution in [1.29, 1.82) is 0 Å². The molecular formula is C14H22N2O3. The van der Waals surface area contributed by atoms with Gasteiger partial charge < -0.3 is 20.1 Å². The Hall–Kier alpha value is -1.59. The Labute approximate surface area is 114 Å². The average Bonchev–Trinajstić information content (AvgIpc) is 2.45. The van der Waals surface area contributed by atoms with Gasteiger partial charge in [0.2, 0.25) is 5.91 Å². The minimum absolute atomic E-state index is 0.0354. The quantitative estimate of drug-likeness (QED) is 0.692. The molecule has 0 aliphatic heterocycles. The second-order valence-corrected chi connectivity index (χ2v) is 4.22. The number of rotatable bonds is 8. The van der Waals surface area contributed by atoms with Crippen LogP contribution in [-0.2, 0) is 9.53 Å². The monoisotopic (exact) mass is 266 g/mol. The van der Waals surface area contributed by atoms with Crippen LogP contribution in [0.15, 0.2) is 24.3 Å². The fourth-order valence-electron chi connectivity index (χ4n) is 1.63. The maximum absolute atomic E-state index is 11.5. The first-order valence-corrected chi connectivity index (χ1v) is 6.30. The van der Waals surface area contributed by atoms with Gasteiger partial charge in [-0.2, -0.15) is 0 Å². The second-order valence-electron chi connectivity index (χ2n) is 4.22. The Morgan fingerprint density at radius 3 is 2.84 bits per heavy atom. The van der Waals surface area contributed by atoms with Gasteiger partial charge in [-0.05, 0) is 24.6 Å². The standard InChI is InChI=1S/C14H22N2O3/c1-11(12-5-4-6-13(9-12)19-3)16-10-14(17)15-7-8-18-2/h4-6,9,11,16H,7-8,10H2,1-3H3,(H,15,17)/t11-/m0/s1. The zero-order valence-electron chi connectivity index (χ0n) is 11.7. The Morgan fingerprint density at radius 1 is 1.37 bits per heavy atom. The topological polar surface area (TPSA) is 59.6 Å². The third kappa shape index (κ3) is 5.72. The number of methoxy groups -OCH3 is 2. The van der Waals surface area contributed by atoms with E-state index in [9.17, 15) is 4.79 Å². The molecule has 0 unspecified atom stereocenters. The largest absolute Gasteiger partial charge is 0.497 e. The first-order chi connectivity index (χ1) is 9.17. The Morgan fingerprint density at radius 2 is 2.16 bits per heavy atom. The molecule has 0 saturated carbocycles. The normalized spacial score (nSPS) is 11.9. The van der Waals surface area contributed by atoms with E-state index in [2.05, 4.69) is 10.6 Å². The number of benzene rings is 1. The van der Waals surface area contributed by atoms with Gasteiger partial charge >= 0.3 is 0 Å². The maximum atomic E-state index is 11.5. The molecule has 2 N–H and O–H groups in total. The summed E-state index contributed by atoms with van der Waals surface area (Å²) in [6.45, 7) is 3.35. The molecule has 0 aliphatic carbocycles. The summed E-state index contributed by atoms with van der Waals surface area (Å²) in [4.78, 5) is 11.5. The lowest BCUT2D eigenvalue weighted by Gasteiger charge is -2.15.